The summed E-state index contributed by atoms with van der Waals surface area (Å²) in [5.74, 6) is 1.30. The number of furan rings is 1. The second-order valence-electron chi connectivity index (χ2n) is 5.81. The summed E-state index contributed by atoms with van der Waals surface area (Å²) >= 11 is 1.41. The first kappa shape index (κ1) is 16.4. The lowest BCUT2D eigenvalue weighted by molar-refractivity contribution is -0.119. The van der Waals surface area contributed by atoms with Crippen LogP contribution in [0, 0.1) is 0 Å². The second-order valence-corrected chi connectivity index (χ2v) is 9.33. The third-order valence-electron chi connectivity index (χ3n) is 3.89. The Hall–Kier alpha value is -1.47. The maximum atomic E-state index is 12.0. The average molecular weight is 353 g/mol. The van der Waals surface area contributed by atoms with Gasteiger partial charge in [0.2, 0.25) is 5.91 Å². The zero-order valence-corrected chi connectivity index (χ0v) is 14.5. The van der Waals surface area contributed by atoms with Crippen LogP contribution in [0.2, 0.25) is 0 Å². The molecule has 23 heavy (non-hydrogen) atoms. The lowest BCUT2D eigenvalue weighted by Crippen LogP contribution is -2.28. The number of nitrogens with one attached hydrogen (secondary N) is 1. The minimum absolute atomic E-state index is 0.0345. The van der Waals surface area contributed by atoms with Crippen LogP contribution < -0.4 is 5.32 Å². The average Bonchev–Trinajstić information content (AvgIpc) is 3.08. The lowest BCUT2D eigenvalue weighted by atomic mass is 10.2. The number of fused-ring (bicyclic) bond motifs is 1. The molecule has 1 saturated heterocycles. The van der Waals surface area contributed by atoms with Crippen molar-refractivity contribution in [3.05, 3.63) is 36.1 Å². The topological polar surface area (TPSA) is 76.4 Å². The fraction of sp³-hybridized carbons (Fsp3) is 0.438. The standard InChI is InChI=1S/C16H19NO4S2/c1-11(15-8-12-4-2-3-5-14(12)21-15)17-16(18)9-22-13-6-7-23(19,20)10-13/h2-5,8,11,13H,6-7,9-10H2,1H3,(H,17,18). The van der Waals surface area contributed by atoms with Gasteiger partial charge in [0, 0.05) is 10.6 Å². The van der Waals surface area contributed by atoms with Crippen LogP contribution in [0.4, 0.5) is 0 Å². The van der Waals surface area contributed by atoms with Gasteiger partial charge in [-0.3, -0.25) is 4.79 Å². The zero-order chi connectivity index (χ0) is 16.4. The fourth-order valence-corrected chi connectivity index (χ4v) is 6.11. The monoisotopic (exact) mass is 353 g/mol. The Morgan fingerprint density at radius 3 is 2.91 bits per heavy atom. The first-order chi connectivity index (χ1) is 10.9. The highest BCUT2D eigenvalue weighted by Crippen LogP contribution is 2.25. The van der Waals surface area contributed by atoms with E-state index in [1.165, 1.54) is 11.8 Å². The molecule has 2 heterocycles. The molecule has 1 N–H and O–H groups in total. The quantitative estimate of drug-likeness (QED) is 0.894. The minimum atomic E-state index is -2.89. The van der Waals surface area contributed by atoms with Gasteiger partial charge in [-0.25, -0.2) is 8.42 Å². The van der Waals surface area contributed by atoms with Gasteiger partial charge in [0.05, 0.1) is 23.3 Å². The van der Waals surface area contributed by atoms with Crippen molar-refractivity contribution in [2.75, 3.05) is 17.3 Å². The maximum absolute atomic E-state index is 12.0. The van der Waals surface area contributed by atoms with Crippen molar-refractivity contribution < 1.29 is 17.6 Å². The molecule has 7 heteroatoms. The van der Waals surface area contributed by atoms with E-state index in [9.17, 15) is 13.2 Å². The van der Waals surface area contributed by atoms with E-state index >= 15 is 0 Å². The molecule has 2 atom stereocenters. The normalized spacial score (nSPS) is 21.3. The Kier molecular flexibility index (Phi) is 4.68. The minimum Gasteiger partial charge on any atom is -0.459 e. The van der Waals surface area contributed by atoms with E-state index in [1.807, 2.05) is 37.3 Å². The first-order valence-electron chi connectivity index (χ1n) is 7.53. The van der Waals surface area contributed by atoms with Crippen molar-refractivity contribution in [2.24, 2.45) is 0 Å². The third kappa shape index (κ3) is 4.09. The van der Waals surface area contributed by atoms with Gasteiger partial charge in [-0.15, -0.1) is 11.8 Å². The van der Waals surface area contributed by atoms with E-state index in [2.05, 4.69) is 5.32 Å². The van der Waals surface area contributed by atoms with Crippen molar-refractivity contribution >= 4 is 38.5 Å². The molecule has 0 spiro atoms. The molecule has 0 radical (unpaired) electrons. The summed E-state index contributed by atoms with van der Waals surface area (Å²) in [5.41, 5.74) is 0.800. The van der Waals surface area contributed by atoms with Crippen molar-refractivity contribution in [1.29, 1.82) is 0 Å². The Labute approximate surface area is 139 Å². The van der Waals surface area contributed by atoms with Gasteiger partial charge in [-0.1, -0.05) is 18.2 Å². The number of benzene rings is 1. The molecule has 1 aromatic heterocycles. The van der Waals surface area contributed by atoms with Gasteiger partial charge in [0.15, 0.2) is 9.84 Å². The van der Waals surface area contributed by atoms with Crippen molar-refractivity contribution in [3.8, 4) is 0 Å². The van der Waals surface area contributed by atoms with E-state index in [-0.39, 0.29) is 34.5 Å². The highest BCUT2D eigenvalue weighted by molar-refractivity contribution is 8.02. The van der Waals surface area contributed by atoms with Crippen LogP contribution in [-0.2, 0) is 14.6 Å². The number of carbonyl (C=O) groups is 1. The Morgan fingerprint density at radius 1 is 1.43 bits per heavy atom. The Balaban J connectivity index is 1.53. The van der Waals surface area contributed by atoms with Gasteiger partial charge in [0.25, 0.3) is 0 Å². The number of para-hydroxylation sites is 1. The highest BCUT2D eigenvalue weighted by atomic mass is 32.2. The fourth-order valence-electron chi connectivity index (χ4n) is 2.66. The number of amides is 1. The molecule has 0 saturated carbocycles. The van der Waals surface area contributed by atoms with E-state index in [0.717, 1.165) is 11.0 Å². The molecule has 5 nitrogen and oxygen atoms in total. The molecule has 0 aliphatic carbocycles. The van der Waals surface area contributed by atoms with Crippen LogP contribution in [0.1, 0.15) is 25.1 Å². The van der Waals surface area contributed by atoms with Gasteiger partial charge < -0.3 is 9.73 Å². The third-order valence-corrected chi connectivity index (χ3v) is 7.17. The maximum Gasteiger partial charge on any atom is 0.230 e. The summed E-state index contributed by atoms with van der Waals surface area (Å²) in [4.78, 5) is 12.0. The van der Waals surface area contributed by atoms with E-state index < -0.39 is 9.84 Å². The predicted octanol–water partition coefficient (Wildman–Crippen LogP) is 2.53. The van der Waals surface area contributed by atoms with Gasteiger partial charge in [-0.05, 0) is 25.5 Å². The molecule has 1 aliphatic heterocycles. The van der Waals surface area contributed by atoms with Crippen LogP contribution >= 0.6 is 11.8 Å². The molecular weight excluding hydrogens is 334 g/mol. The highest BCUT2D eigenvalue weighted by Gasteiger charge is 2.28. The summed E-state index contributed by atoms with van der Waals surface area (Å²) in [5, 5.41) is 3.94. The van der Waals surface area contributed by atoms with Crippen LogP contribution in [0.15, 0.2) is 34.7 Å². The SMILES string of the molecule is CC(NC(=O)CSC1CCS(=O)(=O)C1)c1cc2ccccc2o1. The predicted molar refractivity (Wildman–Crippen MR) is 92.3 cm³/mol. The van der Waals surface area contributed by atoms with E-state index in [1.54, 1.807) is 0 Å². The molecule has 124 valence electrons. The number of hydrogen-bond acceptors (Lipinski definition) is 5. The van der Waals surface area contributed by atoms with Crippen molar-refractivity contribution in [1.82, 2.24) is 5.32 Å². The number of sulfone groups is 1. The number of thioether (sulfide) groups is 1. The van der Waals surface area contributed by atoms with Crippen LogP contribution in [0.25, 0.3) is 11.0 Å². The molecule has 2 unspecified atom stereocenters. The summed E-state index contributed by atoms with van der Waals surface area (Å²) in [6, 6.07) is 9.42. The van der Waals surface area contributed by atoms with Gasteiger partial charge in [-0.2, -0.15) is 0 Å². The van der Waals surface area contributed by atoms with Gasteiger partial charge >= 0.3 is 0 Å². The summed E-state index contributed by atoms with van der Waals surface area (Å²) in [7, 11) is -2.89. The molecule has 1 fully saturated rings. The summed E-state index contributed by atoms with van der Waals surface area (Å²) in [6.07, 6.45) is 0.638. The smallest absolute Gasteiger partial charge is 0.230 e. The molecule has 1 aromatic carbocycles. The lowest BCUT2D eigenvalue weighted by Gasteiger charge is -2.12. The number of rotatable bonds is 5. The number of carbonyl (C=O) groups excluding carboxylic acids is 1. The molecule has 2 aromatic rings. The van der Waals surface area contributed by atoms with Crippen molar-refractivity contribution in [2.45, 2.75) is 24.6 Å². The number of hydrogen-bond donors (Lipinski definition) is 1. The zero-order valence-electron chi connectivity index (χ0n) is 12.8. The summed E-state index contributed by atoms with van der Waals surface area (Å²) < 4.78 is 28.5. The molecule has 1 amide bonds. The largest absolute Gasteiger partial charge is 0.459 e. The molecule has 0 bridgehead atoms. The molecular formula is C16H19NO4S2. The van der Waals surface area contributed by atoms with E-state index in [0.29, 0.717) is 12.2 Å². The van der Waals surface area contributed by atoms with Crippen LogP contribution in [0.3, 0.4) is 0 Å². The van der Waals surface area contributed by atoms with E-state index in [4.69, 9.17) is 4.42 Å². The van der Waals surface area contributed by atoms with Crippen LogP contribution in [-0.4, -0.2) is 36.8 Å². The first-order valence-corrected chi connectivity index (χ1v) is 10.4. The Morgan fingerprint density at radius 2 is 2.22 bits per heavy atom. The second kappa shape index (κ2) is 6.57. The molecule has 3 rings (SSSR count). The molecule has 1 aliphatic rings. The Bertz CT molecular complexity index is 779. The summed E-state index contributed by atoms with van der Waals surface area (Å²) in [6.45, 7) is 1.88. The van der Waals surface area contributed by atoms with Gasteiger partial charge in [0.1, 0.15) is 11.3 Å². The van der Waals surface area contributed by atoms with Crippen molar-refractivity contribution in [3.63, 3.8) is 0 Å². The van der Waals surface area contributed by atoms with Crippen LogP contribution in [0.5, 0.6) is 0 Å².